The highest BCUT2D eigenvalue weighted by Crippen LogP contribution is 2.15. The summed E-state index contributed by atoms with van der Waals surface area (Å²) in [7, 11) is 0. The molecule has 0 aliphatic carbocycles. The summed E-state index contributed by atoms with van der Waals surface area (Å²) in [5.41, 5.74) is 0. The number of hydrogen-bond donors (Lipinski definition) is 0. The molecule has 100 valence electrons. The van der Waals surface area contributed by atoms with E-state index in [9.17, 15) is 4.79 Å². The molecule has 0 radical (unpaired) electrons. The van der Waals surface area contributed by atoms with E-state index in [1.807, 2.05) is 4.90 Å². The molecule has 3 heteroatoms. The number of amides is 1. The average Bonchev–Trinajstić information content (AvgIpc) is 2.40. The Morgan fingerprint density at radius 3 is 2.44 bits per heavy atom. The second kappa shape index (κ2) is 6.80. The molecule has 0 aromatic heterocycles. The van der Waals surface area contributed by atoms with Crippen molar-refractivity contribution in [2.45, 2.75) is 39.0 Å². The monoisotopic (exact) mass is 248 g/mol. The van der Waals surface area contributed by atoms with E-state index in [4.69, 9.17) is 0 Å². The van der Waals surface area contributed by atoms with Crippen LogP contribution in [0.2, 0.25) is 0 Å². The van der Waals surface area contributed by atoms with E-state index in [0.717, 1.165) is 51.5 Å². The molecule has 2 aliphatic heterocycles. The molecule has 3 nitrogen and oxygen atoms in total. The summed E-state index contributed by atoms with van der Waals surface area (Å²) in [6, 6.07) is 0. The number of nitrogens with zero attached hydrogens (tertiary/aromatic N) is 2. The number of hydrogen-bond acceptors (Lipinski definition) is 2. The number of likely N-dealkylation sites (tertiary alicyclic amines) is 2. The SMILES string of the molecule is CC1CCN(C(=O)C#CCN2CCCCC2)CC1. The lowest BCUT2D eigenvalue weighted by Crippen LogP contribution is -2.37. The van der Waals surface area contributed by atoms with Gasteiger partial charge in [0.15, 0.2) is 0 Å². The Balaban J connectivity index is 1.73. The third-order valence-corrected chi connectivity index (χ3v) is 4.02. The van der Waals surface area contributed by atoms with E-state index in [1.54, 1.807) is 0 Å². The zero-order valence-electron chi connectivity index (χ0n) is 11.5. The van der Waals surface area contributed by atoms with Crippen molar-refractivity contribution in [1.29, 1.82) is 0 Å². The Bertz CT molecular complexity index is 328. The highest BCUT2D eigenvalue weighted by molar-refractivity contribution is 5.93. The van der Waals surface area contributed by atoms with E-state index in [-0.39, 0.29) is 5.91 Å². The summed E-state index contributed by atoms with van der Waals surface area (Å²) in [6.07, 6.45) is 6.15. The Labute approximate surface area is 111 Å². The predicted octanol–water partition coefficient (Wildman–Crippen LogP) is 1.73. The molecule has 0 atom stereocenters. The van der Waals surface area contributed by atoms with Crippen LogP contribution in [0.4, 0.5) is 0 Å². The van der Waals surface area contributed by atoms with E-state index in [2.05, 4.69) is 23.7 Å². The molecule has 2 aliphatic rings. The summed E-state index contributed by atoms with van der Waals surface area (Å²) < 4.78 is 0. The highest BCUT2D eigenvalue weighted by Gasteiger charge is 2.18. The molecule has 0 unspecified atom stereocenters. The van der Waals surface area contributed by atoms with Gasteiger partial charge in [-0.1, -0.05) is 19.3 Å². The minimum Gasteiger partial charge on any atom is -0.332 e. The average molecular weight is 248 g/mol. The van der Waals surface area contributed by atoms with Gasteiger partial charge in [-0.3, -0.25) is 9.69 Å². The first-order valence-electron chi connectivity index (χ1n) is 7.26. The Morgan fingerprint density at radius 1 is 1.11 bits per heavy atom. The molecule has 18 heavy (non-hydrogen) atoms. The lowest BCUT2D eigenvalue weighted by atomic mass is 9.99. The van der Waals surface area contributed by atoms with Crippen molar-refractivity contribution in [3.63, 3.8) is 0 Å². The van der Waals surface area contributed by atoms with E-state index in [1.165, 1.54) is 19.3 Å². The van der Waals surface area contributed by atoms with Crippen molar-refractivity contribution >= 4 is 5.91 Å². The van der Waals surface area contributed by atoms with Crippen LogP contribution in [0.15, 0.2) is 0 Å². The van der Waals surface area contributed by atoms with Gasteiger partial charge in [-0.25, -0.2) is 0 Å². The van der Waals surface area contributed by atoms with Crippen LogP contribution in [-0.2, 0) is 4.79 Å². The topological polar surface area (TPSA) is 23.6 Å². The highest BCUT2D eigenvalue weighted by atomic mass is 16.2. The fourth-order valence-corrected chi connectivity index (χ4v) is 2.64. The molecule has 2 rings (SSSR count). The molecule has 1 amide bonds. The van der Waals surface area contributed by atoms with Crippen LogP contribution in [0.25, 0.3) is 0 Å². The van der Waals surface area contributed by atoms with Gasteiger partial charge in [0, 0.05) is 13.1 Å². The molecule has 0 bridgehead atoms. The lowest BCUT2D eigenvalue weighted by molar-refractivity contribution is -0.126. The van der Waals surface area contributed by atoms with Crippen molar-refractivity contribution in [2.24, 2.45) is 5.92 Å². The maximum atomic E-state index is 11.9. The fourth-order valence-electron chi connectivity index (χ4n) is 2.64. The van der Waals surface area contributed by atoms with Gasteiger partial charge >= 0.3 is 0 Å². The van der Waals surface area contributed by atoms with Crippen molar-refractivity contribution < 1.29 is 4.79 Å². The van der Waals surface area contributed by atoms with Gasteiger partial charge < -0.3 is 4.90 Å². The van der Waals surface area contributed by atoms with Crippen LogP contribution < -0.4 is 0 Å². The maximum Gasteiger partial charge on any atom is 0.298 e. The zero-order chi connectivity index (χ0) is 12.8. The minimum absolute atomic E-state index is 0.0268. The standard InChI is InChI=1S/C15H24N2O/c1-14-7-12-17(13-8-14)15(18)6-5-11-16-9-3-2-4-10-16/h14H,2-4,7-13H2,1H3. The summed E-state index contributed by atoms with van der Waals surface area (Å²) in [5.74, 6) is 6.64. The van der Waals surface area contributed by atoms with Crippen LogP contribution in [0.5, 0.6) is 0 Å². The lowest BCUT2D eigenvalue weighted by Gasteiger charge is -2.28. The molecule has 2 saturated heterocycles. The second-order valence-electron chi connectivity index (χ2n) is 5.61. The Hall–Kier alpha value is -1.01. The van der Waals surface area contributed by atoms with Gasteiger partial charge in [0.25, 0.3) is 5.91 Å². The molecule has 0 saturated carbocycles. The van der Waals surface area contributed by atoms with Crippen LogP contribution in [0.3, 0.4) is 0 Å². The van der Waals surface area contributed by atoms with Crippen LogP contribution in [0, 0.1) is 17.8 Å². The maximum absolute atomic E-state index is 11.9. The third-order valence-electron chi connectivity index (χ3n) is 4.02. The summed E-state index contributed by atoms with van der Waals surface area (Å²) in [5, 5.41) is 0. The molecule has 2 fully saturated rings. The normalized spacial score (nSPS) is 22.4. The summed E-state index contributed by atoms with van der Waals surface area (Å²) in [6.45, 7) is 7.07. The molecule has 0 aromatic rings. The predicted molar refractivity (Wildman–Crippen MR) is 73.0 cm³/mol. The largest absolute Gasteiger partial charge is 0.332 e. The van der Waals surface area contributed by atoms with Crippen LogP contribution in [-0.4, -0.2) is 48.4 Å². The third kappa shape index (κ3) is 4.03. The summed E-state index contributed by atoms with van der Waals surface area (Å²) in [4.78, 5) is 16.1. The first kappa shape index (κ1) is 13.4. The quantitative estimate of drug-likeness (QED) is 0.660. The second-order valence-corrected chi connectivity index (χ2v) is 5.61. The number of rotatable bonds is 1. The molecule has 0 aromatic carbocycles. The van der Waals surface area contributed by atoms with Crippen molar-refractivity contribution in [3.8, 4) is 11.8 Å². The van der Waals surface area contributed by atoms with Crippen molar-refractivity contribution in [3.05, 3.63) is 0 Å². The van der Waals surface area contributed by atoms with Crippen molar-refractivity contribution in [2.75, 3.05) is 32.7 Å². The number of carbonyl (C=O) groups is 1. The number of carbonyl (C=O) groups excluding carboxylic acids is 1. The molecular weight excluding hydrogens is 224 g/mol. The smallest absolute Gasteiger partial charge is 0.298 e. The molecular formula is C15H24N2O. The minimum atomic E-state index is 0.0268. The number of piperidine rings is 2. The van der Waals surface area contributed by atoms with E-state index < -0.39 is 0 Å². The van der Waals surface area contributed by atoms with Crippen LogP contribution in [0.1, 0.15) is 39.0 Å². The van der Waals surface area contributed by atoms with Crippen molar-refractivity contribution in [1.82, 2.24) is 9.80 Å². The molecule has 2 heterocycles. The van der Waals surface area contributed by atoms with Gasteiger partial charge in [-0.05, 0) is 50.6 Å². The zero-order valence-corrected chi connectivity index (χ0v) is 11.5. The first-order valence-corrected chi connectivity index (χ1v) is 7.26. The van der Waals surface area contributed by atoms with Gasteiger partial charge in [0.1, 0.15) is 0 Å². The fraction of sp³-hybridized carbons (Fsp3) is 0.800. The van der Waals surface area contributed by atoms with Gasteiger partial charge in [0.05, 0.1) is 6.54 Å². The van der Waals surface area contributed by atoms with Gasteiger partial charge in [-0.15, -0.1) is 0 Å². The van der Waals surface area contributed by atoms with E-state index in [0.29, 0.717) is 0 Å². The summed E-state index contributed by atoms with van der Waals surface area (Å²) >= 11 is 0. The van der Waals surface area contributed by atoms with E-state index >= 15 is 0 Å². The van der Waals surface area contributed by atoms with Crippen LogP contribution >= 0.6 is 0 Å². The first-order chi connectivity index (χ1) is 8.75. The Morgan fingerprint density at radius 2 is 1.78 bits per heavy atom. The van der Waals surface area contributed by atoms with Gasteiger partial charge in [0.2, 0.25) is 0 Å². The Kier molecular flexibility index (Phi) is 5.07. The molecule has 0 N–H and O–H groups in total. The van der Waals surface area contributed by atoms with Gasteiger partial charge in [-0.2, -0.15) is 0 Å². The molecule has 0 spiro atoms.